The molecule has 1 saturated heterocycles. The molecule has 1 aromatic heterocycles. The highest BCUT2D eigenvalue weighted by Crippen LogP contribution is 2.25. The number of nitrogens with one attached hydrogen (secondary N) is 1. The molecular weight excluding hydrogens is 418 g/mol. The number of anilines is 2. The van der Waals surface area contributed by atoms with Gasteiger partial charge in [-0.3, -0.25) is 4.79 Å². The summed E-state index contributed by atoms with van der Waals surface area (Å²) in [5, 5.41) is 4.08. The number of halogens is 1. The molecule has 6 nitrogen and oxygen atoms in total. The number of hydrogen-bond donors (Lipinski definition) is 1. The smallest absolute Gasteiger partial charge is 0.230 e. The summed E-state index contributed by atoms with van der Waals surface area (Å²) in [6, 6.07) is 10.6. The Hall–Kier alpha value is -1.99. The van der Waals surface area contributed by atoms with Crippen LogP contribution in [0.1, 0.15) is 31.2 Å². The van der Waals surface area contributed by atoms with E-state index in [1.807, 2.05) is 6.07 Å². The number of carbonyl (C=O) groups excluding carboxylic acids is 1. The van der Waals surface area contributed by atoms with Gasteiger partial charge in [-0.25, -0.2) is 9.97 Å². The van der Waals surface area contributed by atoms with E-state index in [1.165, 1.54) is 35.9 Å². The average molecular weight is 446 g/mol. The van der Waals surface area contributed by atoms with Crippen molar-refractivity contribution in [2.75, 3.05) is 41.7 Å². The van der Waals surface area contributed by atoms with Gasteiger partial charge in [-0.05, 0) is 31.4 Å². The third kappa shape index (κ3) is 5.38. The van der Waals surface area contributed by atoms with E-state index in [9.17, 15) is 4.79 Å². The van der Waals surface area contributed by atoms with Crippen LogP contribution in [-0.2, 0) is 4.79 Å². The first kappa shape index (κ1) is 21.2. The molecule has 0 atom stereocenters. The van der Waals surface area contributed by atoms with Crippen LogP contribution in [0.2, 0.25) is 5.15 Å². The van der Waals surface area contributed by atoms with Gasteiger partial charge in [0.25, 0.3) is 0 Å². The van der Waals surface area contributed by atoms with Gasteiger partial charge < -0.3 is 15.1 Å². The average Bonchev–Trinajstić information content (AvgIpc) is 3.25. The number of hydrogen-bond acceptors (Lipinski definition) is 6. The zero-order valence-corrected chi connectivity index (χ0v) is 18.9. The molecule has 0 unspecified atom stereocenters. The van der Waals surface area contributed by atoms with E-state index < -0.39 is 0 Å². The number of amides is 1. The number of benzene rings is 1. The molecule has 2 aromatic rings. The van der Waals surface area contributed by atoms with E-state index in [0.717, 1.165) is 44.8 Å². The van der Waals surface area contributed by atoms with Crippen LogP contribution in [0.15, 0.2) is 35.5 Å². The number of rotatable bonds is 6. The van der Waals surface area contributed by atoms with Crippen molar-refractivity contribution >= 4 is 40.8 Å². The number of aryl methyl sites for hydroxylation is 1. The van der Waals surface area contributed by atoms with E-state index in [-0.39, 0.29) is 5.91 Å². The Labute approximate surface area is 187 Å². The fourth-order valence-corrected chi connectivity index (χ4v) is 5.07. The monoisotopic (exact) mass is 445 g/mol. The Morgan fingerprint density at radius 2 is 1.83 bits per heavy atom. The molecule has 1 aromatic carbocycles. The summed E-state index contributed by atoms with van der Waals surface area (Å²) >= 11 is 7.61. The molecule has 0 bridgehead atoms. The third-order valence-corrected chi connectivity index (χ3v) is 6.81. The van der Waals surface area contributed by atoms with Crippen LogP contribution in [0.4, 0.5) is 11.5 Å². The zero-order valence-electron chi connectivity index (χ0n) is 17.3. The lowest BCUT2D eigenvalue weighted by molar-refractivity contribution is -0.119. The number of piperazine rings is 1. The van der Waals surface area contributed by atoms with Crippen molar-refractivity contribution < 1.29 is 4.79 Å². The normalized spacial score (nSPS) is 17.4. The quantitative estimate of drug-likeness (QED) is 0.413. The fourth-order valence-electron chi connectivity index (χ4n) is 4.18. The topological polar surface area (TPSA) is 61.4 Å². The SMILES string of the molecule is Cc1ccccc1N1CCN(c2cc(Cl)nc(SCC(=O)NC3CCCC3)n2)CC1. The third-order valence-electron chi connectivity index (χ3n) is 5.77. The van der Waals surface area contributed by atoms with Gasteiger partial charge in [0.2, 0.25) is 5.91 Å². The molecule has 1 saturated carbocycles. The summed E-state index contributed by atoms with van der Waals surface area (Å²) in [7, 11) is 0. The molecule has 1 aliphatic heterocycles. The molecule has 2 heterocycles. The van der Waals surface area contributed by atoms with Gasteiger partial charge in [0.1, 0.15) is 11.0 Å². The Balaban J connectivity index is 1.34. The second-order valence-corrected chi connectivity index (χ2v) is 9.26. The Bertz CT molecular complexity index is 882. The summed E-state index contributed by atoms with van der Waals surface area (Å²) in [5.74, 6) is 1.19. The lowest BCUT2D eigenvalue weighted by Crippen LogP contribution is -2.47. The number of nitrogens with zero attached hydrogens (tertiary/aromatic N) is 4. The van der Waals surface area contributed by atoms with Crippen LogP contribution in [-0.4, -0.2) is 53.8 Å². The second-order valence-electron chi connectivity index (χ2n) is 7.93. The Morgan fingerprint density at radius 3 is 2.57 bits per heavy atom. The minimum absolute atomic E-state index is 0.0453. The largest absolute Gasteiger partial charge is 0.368 e. The first-order chi connectivity index (χ1) is 14.6. The van der Waals surface area contributed by atoms with E-state index >= 15 is 0 Å². The predicted octanol–water partition coefficient (Wildman–Crippen LogP) is 3.92. The lowest BCUT2D eigenvalue weighted by Gasteiger charge is -2.37. The van der Waals surface area contributed by atoms with Crippen molar-refractivity contribution in [3.63, 3.8) is 0 Å². The van der Waals surface area contributed by atoms with E-state index in [1.54, 1.807) is 0 Å². The molecule has 1 amide bonds. The first-order valence-corrected chi connectivity index (χ1v) is 12.0. The molecule has 4 rings (SSSR count). The van der Waals surface area contributed by atoms with E-state index in [2.05, 4.69) is 56.3 Å². The summed E-state index contributed by atoms with van der Waals surface area (Å²) < 4.78 is 0. The molecule has 2 fully saturated rings. The summed E-state index contributed by atoms with van der Waals surface area (Å²) in [6.45, 7) is 5.75. The highest BCUT2D eigenvalue weighted by molar-refractivity contribution is 7.99. The van der Waals surface area contributed by atoms with Crippen molar-refractivity contribution in [1.29, 1.82) is 0 Å². The van der Waals surface area contributed by atoms with Crippen molar-refractivity contribution in [2.24, 2.45) is 0 Å². The molecule has 0 spiro atoms. The zero-order chi connectivity index (χ0) is 20.9. The highest BCUT2D eigenvalue weighted by atomic mass is 35.5. The van der Waals surface area contributed by atoms with Gasteiger partial charge in [0.05, 0.1) is 5.75 Å². The second kappa shape index (κ2) is 9.88. The standard InChI is InChI=1S/C22H28ClN5OS/c1-16-6-2-5-9-18(16)27-10-12-28(13-11-27)20-14-19(23)25-22(26-20)30-15-21(29)24-17-7-3-4-8-17/h2,5-6,9,14,17H,3-4,7-8,10-13,15H2,1H3,(H,24,29). The van der Waals surface area contributed by atoms with Gasteiger partial charge in [0.15, 0.2) is 5.16 Å². The van der Waals surface area contributed by atoms with Crippen molar-refractivity contribution in [1.82, 2.24) is 15.3 Å². The summed E-state index contributed by atoms with van der Waals surface area (Å²) in [5.41, 5.74) is 2.59. The molecule has 30 heavy (non-hydrogen) atoms. The summed E-state index contributed by atoms with van der Waals surface area (Å²) in [4.78, 5) is 25.8. The fraction of sp³-hybridized carbons (Fsp3) is 0.500. The number of para-hydroxylation sites is 1. The maximum absolute atomic E-state index is 12.2. The number of carbonyl (C=O) groups is 1. The van der Waals surface area contributed by atoms with Gasteiger partial charge in [0, 0.05) is 44.0 Å². The van der Waals surface area contributed by atoms with Crippen LogP contribution in [0, 0.1) is 6.92 Å². The lowest BCUT2D eigenvalue weighted by atomic mass is 10.1. The van der Waals surface area contributed by atoms with E-state index in [0.29, 0.717) is 22.1 Å². The molecule has 160 valence electrons. The Morgan fingerprint density at radius 1 is 1.13 bits per heavy atom. The minimum atomic E-state index is 0.0453. The van der Waals surface area contributed by atoms with Gasteiger partial charge in [-0.2, -0.15) is 0 Å². The van der Waals surface area contributed by atoms with Crippen LogP contribution in [0.3, 0.4) is 0 Å². The van der Waals surface area contributed by atoms with Crippen molar-refractivity contribution in [2.45, 2.75) is 43.8 Å². The van der Waals surface area contributed by atoms with Crippen LogP contribution >= 0.6 is 23.4 Å². The number of thioether (sulfide) groups is 1. The molecule has 0 radical (unpaired) electrons. The van der Waals surface area contributed by atoms with Crippen LogP contribution < -0.4 is 15.1 Å². The van der Waals surface area contributed by atoms with Crippen LogP contribution in [0.5, 0.6) is 0 Å². The molecule has 1 N–H and O–H groups in total. The van der Waals surface area contributed by atoms with E-state index in [4.69, 9.17) is 11.6 Å². The van der Waals surface area contributed by atoms with Gasteiger partial charge in [-0.1, -0.05) is 54.4 Å². The highest BCUT2D eigenvalue weighted by Gasteiger charge is 2.21. The predicted molar refractivity (Wildman–Crippen MR) is 124 cm³/mol. The first-order valence-electron chi connectivity index (χ1n) is 10.6. The van der Waals surface area contributed by atoms with Gasteiger partial charge >= 0.3 is 0 Å². The van der Waals surface area contributed by atoms with Crippen LogP contribution in [0.25, 0.3) is 0 Å². The van der Waals surface area contributed by atoms with Crippen molar-refractivity contribution in [3.8, 4) is 0 Å². The molecular formula is C22H28ClN5OS. The minimum Gasteiger partial charge on any atom is -0.368 e. The number of aromatic nitrogens is 2. The molecule has 1 aliphatic carbocycles. The maximum atomic E-state index is 12.2. The van der Waals surface area contributed by atoms with Crippen molar-refractivity contribution in [3.05, 3.63) is 41.0 Å². The molecule has 2 aliphatic rings. The summed E-state index contributed by atoms with van der Waals surface area (Å²) in [6.07, 6.45) is 4.58. The molecule has 8 heteroatoms. The van der Waals surface area contributed by atoms with Gasteiger partial charge in [-0.15, -0.1) is 0 Å². The maximum Gasteiger partial charge on any atom is 0.230 e. The Kier molecular flexibility index (Phi) is 7.00.